The highest BCUT2D eigenvalue weighted by atomic mass is 16.5. The smallest absolute Gasteiger partial charge is 0.191 e. The van der Waals surface area contributed by atoms with Gasteiger partial charge in [-0.05, 0) is 36.1 Å². The van der Waals surface area contributed by atoms with Gasteiger partial charge in [0.1, 0.15) is 0 Å². The van der Waals surface area contributed by atoms with Gasteiger partial charge < -0.3 is 20.3 Å². The van der Waals surface area contributed by atoms with Crippen LogP contribution in [0.25, 0.3) is 0 Å². The molecule has 1 saturated heterocycles. The lowest BCUT2D eigenvalue weighted by Crippen LogP contribution is -2.52. The number of nitrogens with one attached hydrogen (secondary N) is 2. The van der Waals surface area contributed by atoms with Gasteiger partial charge in [0.05, 0.1) is 13.2 Å². The lowest BCUT2D eigenvalue weighted by molar-refractivity contribution is 0.00752. The molecule has 1 fully saturated rings. The molecule has 1 heterocycles. The minimum atomic E-state index is 0.480. The topological polar surface area (TPSA) is 52.1 Å². The van der Waals surface area contributed by atoms with Crippen LogP contribution in [-0.4, -0.2) is 70.9 Å². The number of aliphatic imine (C=N–C) groups is 1. The fourth-order valence-electron chi connectivity index (χ4n) is 3.45. The molecule has 0 amide bonds. The van der Waals surface area contributed by atoms with Crippen LogP contribution in [0.5, 0.6) is 0 Å². The summed E-state index contributed by atoms with van der Waals surface area (Å²) < 4.78 is 5.50. The molecule has 2 rings (SSSR count). The first-order chi connectivity index (χ1) is 12.9. The van der Waals surface area contributed by atoms with Gasteiger partial charge >= 0.3 is 0 Å². The van der Waals surface area contributed by atoms with Gasteiger partial charge in [-0.2, -0.15) is 0 Å². The van der Waals surface area contributed by atoms with Gasteiger partial charge in [0, 0.05) is 59.1 Å². The van der Waals surface area contributed by atoms with E-state index >= 15 is 0 Å². The maximum absolute atomic E-state index is 5.50. The first-order valence-electron chi connectivity index (χ1n) is 9.95. The highest BCUT2D eigenvalue weighted by Crippen LogP contribution is 2.17. The Balaban J connectivity index is 1.89. The number of ether oxygens (including phenoxy) is 1. The highest BCUT2D eigenvalue weighted by molar-refractivity contribution is 5.79. The lowest BCUT2D eigenvalue weighted by Gasteiger charge is -2.37. The second-order valence-electron chi connectivity index (χ2n) is 7.77. The van der Waals surface area contributed by atoms with E-state index in [0.717, 1.165) is 45.4 Å². The van der Waals surface area contributed by atoms with Crippen LogP contribution in [0.15, 0.2) is 23.2 Å². The lowest BCUT2D eigenvalue weighted by atomic mass is 10.0. The van der Waals surface area contributed by atoms with Gasteiger partial charge in [0.15, 0.2) is 5.96 Å². The van der Waals surface area contributed by atoms with Crippen molar-refractivity contribution in [2.24, 2.45) is 10.9 Å². The maximum atomic E-state index is 5.50. The largest absolute Gasteiger partial charge is 0.379 e. The van der Waals surface area contributed by atoms with Crippen molar-refractivity contribution in [1.82, 2.24) is 15.5 Å². The molecule has 1 aliphatic rings. The molecule has 0 bridgehead atoms. The first kappa shape index (κ1) is 21.5. The fourth-order valence-corrected chi connectivity index (χ4v) is 3.45. The summed E-state index contributed by atoms with van der Waals surface area (Å²) in [6, 6.07) is 7.05. The van der Waals surface area contributed by atoms with Crippen molar-refractivity contribution < 1.29 is 4.74 Å². The summed E-state index contributed by atoms with van der Waals surface area (Å²) in [6.45, 7) is 12.1. The van der Waals surface area contributed by atoms with Gasteiger partial charge in [0.2, 0.25) is 0 Å². The molecule has 2 N–H and O–H groups in total. The quantitative estimate of drug-likeness (QED) is 0.565. The van der Waals surface area contributed by atoms with Crippen LogP contribution in [0.2, 0.25) is 0 Å². The highest BCUT2D eigenvalue weighted by Gasteiger charge is 2.23. The second-order valence-corrected chi connectivity index (χ2v) is 7.77. The van der Waals surface area contributed by atoms with Crippen molar-refractivity contribution in [2.75, 3.05) is 58.9 Å². The third kappa shape index (κ3) is 6.40. The normalized spacial score (nSPS) is 17.1. The maximum Gasteiger partial charge on any atom is 0.191 e. The molecule has 6 heteroatoms. The Morgan fingerprint density at radius 1 is 1.22 bits per heavy atom. The third-order valence-corrected chi connectivity index (χ3v) is 5.28. The van der Waals surface area contributed by atoms with Crippen LogP contribution in [0, 0.1) is 12.8 Å². The number of hydrogen-bond acceptors (Lipinski definition) is 4. The van der Waals surface area contributed by atoms with E-state index in [9.17, 15) is 0 Å². The van der Waals surface area contributed by atoms with Crippen molar-refractivity contribution in [3.63, 3.8) is 0 Å². The van der Waals surface area contributed by atoms with E-state index in [0.29, 0.717) is 12.0 Å². The average molecular weight is 376 g/mol. The molecule has 0 spiro atoms. The SMILES string of the molecule is CN=C(NCc1ccc(N(C)C)cc1C)NCC(C(C)C)N1CCOCC1. The van der Waals surface area contributed by atoms with Gasteiger partial charge in [-0.15, -0.1) is 0 Å². The molecule has 0 aromatic heterocycles. The van der Waals surface area contributed by atoms with E-state index in [2.05, 4.69) is 78.5 Å². The molecular weight excluding hydrogens is 338 g/mol. The minimum Gasteiger partial charge on any atom is -0.379 e. The molecule has 1 unspecified atom stereocenters. The number of hydrogen-bond donors (Lipinski definition) is 2. The zero-order chi connectivity index (χ0) is 19.8. The number of nitrogens with zero attached hydrogens (tertiary/aromatic N) is 3. The van der Waals surface area contributed by atoms with E-state index in [1.54, 1.807) is 0 Å². The van der Waals surface area contributed by atoms with Crippen molar-refractivity contribution in [3.05, 3.63) is 29.3 Å². The zero-order valence-electron chi connectivity index (χ0n) is 17.9. The van der Waals surface area contributed by atoms with Crippen LogP contribution in [0.1, 0.15) is 25.0 Å². The Kier molecular flexibility index (Phi) is 8.38. The Morgan fingerprint density at radius 2 is 1.93 bits per heavy atom. The van der Waals surface area contributed by atoms with Crippen molar-refractivity contribution in [2.45, 2.75) is 33.4 Å². The van der Waals surface area contributed by atoms with Gasteiger partial charge in [0.25, 0.3) is 0 Å². The summed E-state index contributed by atoms with van der Waals surface area (Å²) in [5, 5.41) is 6.97. The Morgan fingerprint density at radius 3 is 2.48 bits per heavy atom. The van der Waals surface area contributed by atoms with E-state index in [1.165, 1.54) is 16.8 Å². The first-order valence-corrected chi connectivity index (χ1v) is 9.95. The zero-order valence-corrected chi connectivity index (χ0v) is 17.9. The molecule has 1 atom stereocenters. The Hall–Kier alpha value is -1.79. The van der Waals surface area contributed by atoms with Crippen LogP contribution in [0.3, 0.4) is 0 Å². The number of anilines is 1. The molecule has 27 heavy (non-hydrogen) atoms. The molecule has 1 aromatic rings. The van der Waals surface area contributed by atoms with Crippen LogP contribution in [0.4, 0.5) is 5.69 Å². The van der Waals surface area contributed by atoms with Gasteiger partial charge in [-0.3, -0.25) is 9.89 Å². The minimum absolute atomic E-state index is 0.480. The van der Waals surface area contributed by atoms with E-state index in [1.807, 2.05) is 7.05 Å². The number of benzene rings is 1. The van der Waals surface area contributed by atoms with E-state index in [4.69, 9.17) is 4.74 Å². The third-order valence-electron chi connectivity index (χ3n) is 5.28. The number of morpholine rings is 1. The number of rotatable bonds is 7. The molecule has 0 saturated carbocycles. The molecule has 0 aliphatic carbocycles. The summed E-state index contributed by atoms with van der Waals surface area (Å²) in [5.74, 6) is 1.43. The predicted molar refractivity (Wildman–Crippen MR) is 115 cm³/mol. The molecule has 152 valence electrons. The summed E-state index contributed by atoms with van der Waals surface area (Å²) in [7, 11) is 5.96. The summed E-state index contributed by atoms with van der Waals surface area (Å²) in [4.78, 5) is 9.05. The number of guanidine groups is 1. The molecule has 1 aromatic carbocycles. The summed E-state index contributed by atoms with van der Waals surface area (Å²) in [5.41, 5.74) is 3.80. The summed E-state index contributed by atoms with van der Waals surface area (Å²) in [6.07, 6.45) is 0. The average Bonchev–Trinajstić information content (AvgIpc) is 2.65. The molecule has 0 radical (unpaired) electrons. The van der Waals surface area contributed by atoms with Crippen LogP contribution >= 0.6 is 0 Å². The fraction of sp³-hybridized carbons (Fsp3) is 0.667. The van der Waals surface area contributed by atoms with Crippen molar-refractivity contribution >= 4 is 11.6 Å². The van der Waals surface area contributed by atoms with Crippen molar-refractivity contribution in [3.8, 4) is 0 Å². The molecule has 1 aliphatic heterocycles. The number of aryl methyl sites for hydroxylation is 1. The Bertz CT molecular complexity index is 609. The summed E-state index contributed by atoms with van der Waals surface area (Å²) >= 11 is 0. The monoisotopic (exact) mass is 375 g/mol. The second kappa shape index (κ2) is 10.5. The molecule has 6 nitrogen and oxygen atoms in total. The van der Waals surface area contributed by atoms with Crippen LogP contribution < -0.4 is 15.5 Å². The van der Waals surface area contributed by atoms with E-state index < -0.39 is 0 Å². The van der Waals surface area contributed by atoms with Crippen LogP contribution in [-0.2, 0) is 11.3 Å². The standard InChI is InChI=1S/C21H37N5O/c1-16(2)20(26-9-11-27-12-10-26)15-24-21(22-4)23-14-18-7-8-19(25(5)6)13-17(18)3/h7-8,13,16,20H,9-12,14-15H2,1-6H3,(H2,22,23,24). The molecular formula is C21H37N5O. The predicted octanol–water partition coefficient (Wildman–Crippen LogP) is 2.08. The van der Waals surface area contributed by atoms with Crippen molar-refractivity contribution in [1.29, 1.82) is 0 Å². The van der Waals surface area contributed by atoms with E-state index in [-0.39, 0.29) is 0 Å². The van der Waals surface area contributed by atoms with Gasteiger partial charge in [-0.25, -0.2) is 0 Å². The Labute approximate surface area is 165 Å². The van der Waals surface area contributed by atoms with Gasteiger partial charge in [-0.1, -0.05) is 19.9 Å².